The van der Waals surface area contributed by atoms with Crippen molar-refractivity contribution in [3.05, 3.63) is 78.4 Å². The molecule has 0 atom stereocenters. The van der Waals surface area contributed by atoms with E-state index >= 15 is 0 Å². The van der Waals surface area contributed by atoms with Gasteiger partial charge in [0.2, 0.25) is 5.75 Å². The number of amides is 1. The van der Waals surface area contributed by atoms with Crippen LogP contribution in [-0.4, -0.2) is 49.1 Å². The molecular weight excluding hydrogens is 517 g/mol. The van der Waals surface area contributed by atoms with E-state index in [2.05, 4.69) is 10.4 Å². The van der Waals surface area contributed by atoms with E-state index in [0.29, 0.717) is 11.3 Å². The molecule has 0 radical (unpaired) electrons. The van der Waals surface area contributed by atoms with Gasteiger partial charge in [0.25, 0.3) is 5.91 Å². The normalized spacial score (nSPS) is 11.0. The minimum Gasteiger partial charge on any atom is -0.493 e. The van der Waals surface area contributed by atoms with Gasteiger partial charge in [-0.3, -0.25) is 9.59 Å². The van der Waals surface area contributed by atoms with Gasteiger partial charge in [-0.05, 0) is 24.3 Å². The first-order valence-corrected chi connectivity index (χ1v) is 11.4. The maximum atomic E-state index is 13.7. The molecule has 1 amide bonds. The fourth-order valence-corrected chi connectivity index (χ4v) is 3.73. The summed E-state index contributed by atoms with van der Waals surface area (Å²) in [5, 5.41) is 9.23. The Kier molecular flexibility index (Phi) is 7.75. The van der Waals surface area contributed by atoms with Gasteiger partial charge in [0.1, 0.15) is 5.82 Å². The minimum atomic E-state index is -5.09. The lowest BCUT2D eigenvalue weighted by molar-refractivity contribution is -0.167. The zero-order chi connectivity index (χ0) is 28.2. The lowest BCUT2D eigenvalue weighted by Gasteiger charge is -2.16. The molecular formula is C27H23F3N4O5. The first kappa shape index (κ1) is 27.0. The van der Waals surface area contributed by atoms with E-state index < -0.39 is 18.0 Å². The summed E-state index contributed by atoms with van der Waals surface area (Å²) in [6.45, 7) is 0. The topological polar surface area (TPSA) is 104 Å². The standard InChI is InChI=1S/C27H23F3N4O5/c1-37-21-13-17(14-22(38-2)24(21)39-3)25(35)34-23(15-20(33-34)16-9-5-4-6-10-16)31-18-11-7-8-12-19(18)32-26(36)27(28,29)30/h4-15,31H,1-3H3,(H,32,36). The maximum absolute atomic E-state index is 13.7. The van der Waals surface area contributed by atoms with Crippen LogP contribution in [0.5, 0.6) is 17.2 Å². The fraction of sp³-hybridized carbons (Fsp3) is 0.148. The Labute approximate surface area is 221 Å². The number of carbonyl (C=O) groups excluding carboxylic acids is 2. The second-order valence-electron chi connectivity index (χ2n) is 8.03. The summed E-state index contributed by atoms with van der Waals surface area (Å²) in [5.74, 6) is -1.84. The molecule has 0 unspecified atom stereocenters. The Balaban J connectivity index is 1.80. The second-order valence-corrected chi connectivity index (χ2v) is 8.03. The summed E-state index contributed by atoms with van der Waals surface area (Å²) in [5.41, 5.74) is 1.20. The number of para-hydroxylation sites is 2. The third-order valence-electron chi connectivity index (χ3n) is 5.58. The van der Waals surface area contributed by atoms with Crippen molar-refractivity contribution in [2.45, 2.75) is 6.18 Å². The van der Waals surface area contributed by atoms with E-state index in [1.54, 1.807) is 36.4 Å². The highest BCUT2D eigenvalue weighted by molar-refractivity contribution is 6.01. The van der Waals surface area contributed by atoms with E-state index in [0.717, 1.165) is 4.68 Å². The summed E-state index contributed by atoms with van der Waals surface area (Å²) in [6.07, 6.45) is -5.09. The molecule has 4 rings (SSSR count). The van der Waals surface area contributed by atoms with E-state index in [-0.39, 0.29) is 40.0 Å². The fourth-order valence-electron chi connectivity index (χ4n) is 3.73. The van der Waals surface area contributed by atoms with Crippen molar-refractivity contribution in [2.24, 2.45) is 0 Å². The highest BCUT2D eigenvalue weighted by atomic mass is 19.4. The van der Waals surface area contributed by atoms with Crippen LogP contribution in [-0.2, 0) is 4.79 Å². The Morgan fingerprint density at radius 3 is 1.97 bits per heavy atom. The molecule has 0 fully saturated rings. The number of hydrogen-bond acceptors (Lipinski definition) is 7. The molecule has 0 spiro atoms. The van der Waals surface area contributed by atoms with E-state index in [9.17, 15) is 22.8 Å². The molecule has 39 heavy (non-hydrogen) atoms. The highest BCUT2D eigenvalue weighted by Gasteiger charge is 2.39. The Morgan fingerprint density at radius 2 is 1.41 bits per heavy atom. The van der Waals surface area contributed by atoms with Crippen molar-refractivity contribution in [3.8, 4) is 28.5 Å². The van der Waals surface area contributed by atoms with Crippen LogP contribution in [0, 0.1) is 0 Å². The smallest absolute Gasteiger partial charge is 0.471 e. The van der Waals surface area contributed by atoms with Gasteiger partial charge < -0.3 is 24.8 Å². The number of anilines is 3. The number of ether oxygens (including phenoxy) is 3. The number of carbonyl (C=O) groups is 2. The van der Waals surface area contributed by atoms with Crippen LogP contribution >= 0.6 is 0 Å². The van der Waals surface area contributed by atoms with Crippen molar-refractivity contribution < 1.29 is 37.0 Å². The summed E-state index contributed by atoms with van der Waals surface area (Å²) in [4.78, 5) is 25.3. The number of nitrogens with one attached hydrogen (secondary N) is 2. The van der Waals surface area contributed by atoms with E-state index in [4.69, 9.17) is 14.2 Å². The number of hydrogen-bond donors (Lipinski definition) is 2. The van der Waals surface area contributed by atoms with Gasteiger partial charge in [-0.1, -0.05) is 42.5 Å². The Bertz CT molecular complexity index is 1480. The zero-order valence-electron chi connectivity index (χ0n) is 21.0. The summed E-state index contributed by atoms with van der Waals surface area (Å²) in [6, 6.07) is 19.2. The van der Waals surface area contributed by atoms with Crippen LogP contribution in [0.1, 0.15) is 10.4 Å². The van der Waals surface area contributed by atoms with Gasteiger partial charge in [-0.25, -0.2) is 0 Å². The first-order chi connectivity index (χ1) is 18.7. The third kappa shape index (κ3) is 5.79. The van der Waals surface area contributed by atoms with Crippen LogP contribution in [0.2, 0.25) is 0 Å². The quantitative estimate of drug-likeness (QED) is 0.304. The Hall–Kier alpha value is -5.00. The number of halogens is 3. The number of alkyl halides is 3. The van der Waals surface area contributed by atoms with E-state index in [1.807, 2.05) is 11.4 Å². The van der Waals surface area contributed by atoms with Gasteiger partial charge in [-0.2, -0.15) is 23.0 Å². The molecule has 2 N–H and O–H groups in total. The van der Waals surface area contributed by atoms with Gasteiger partial charge in [-0.15, -0.1) is 0 Å². The highest BCUT2D eigenvalue weighted by Crippen LogP contribution is 2.39. The summed E-state index contributed by atoms with van der Waals surface area (Å²) in [7, 11) is 4.25. The number of methoxy groups -OCH3 is 3. The summed E-state index contributed by atoms with van der Waals surface area (Å²) < 4.78 is 55.8. The monoisotopic (exact) mass is 540 g/mol. The number of aromatic nitrogens is 2. The predicted octanol–water partition coefficient (Wildman–Crippen LogP) is 5.51. The molecule has 0 bridgehead atoms. The Morgan fingerprint density at radius 1 is 0.821 bits per heavy atom. The number of benzene rings is 3. The van der Waals surface area contributed by atoms with Gasteiger partial charge in [0, 0.05) is 17.2 Å². The van der Waals surface area contributed by atoms with Gasteiger partial charge >= 0.3 is 12.1 Å². The zero-order valence-corrected chi connectivity index (χ0v) is 21.0. The summed E-state index contributed by atoms with van der Waals surface area (Å²) >= 11 is 0. The van der Waals surface area contributed by atoms with Crippen molar-refractivity contribution in [1.29, 1.82) is 0 Å². The SMILES string of the molecule is COc1cc(C(=O)n2nc(-c3ccccc3)cc2Nc2ccccc2NC(=O)C(F)(F)F)cc(OC)c1OC. The third-order valence-corrected chi connectivity index (χ3v) is 5.58. The molecule has 1 heterocycles. The van der Waals surface area contributed by atoms with Crippen molar-refractivity contribution in [3.63, 3.8) is 0 Å². The molecule has 0 saturated heterocycles. The average molecular weight is 540 g/mol. The van der Waals surface area contributed by atoms with E-state index in [1.165, 1.54) is 51.7 Å². The van der Waals surface area contributed by atoms with Crippen molar-refractivity contribution >= 4 is 29.0 Å². The van der Waals surface area contributed by atoms with Crippen LogP contribution in [0.25, 0.3) is 11.3 Å². The molecule has 0 saturated carbocycles. The first-order valence-electron chi connectivity index (χ1n) is 11.4. The van der Waals surface area contributed by atoms with Crippen molar-refractivity contribution in [1.82, 2.24) is 9.78 Å². The lowest BCUT2D eigenvalue weighted by Crippen LogP contribution is -2.30. The molecule has 0 aliphatic heterocycles. The molecule has 12 heteroatoms. The maximum Gasteiger partial charge on any atom is 0.471 e. The van der Waals surface area contributed by atoms with Crippen LogP contribution < -0.4 is 24.8 Å². The minimum absolute atomic E-state index is 0.105. The molecule has 202 valence electrons. The van der Waals surface area contributed by atoms with Gasteiger partial charge in [0.15, 0.2) is 11.5 Å². The molecule has 3 aromatic carbocycles. The van der Waals surface area contributed by atoms with Crippen molar-refractivity contribution in [2.75, 3.05) is 32.0 Å². The number of rotatable bonds is 8. The molecule has 1 aromatic heterocycles. The molecule has 0 aliphatic carbocycles. The molecule has 9 nitrogen and oxygen atoms in total. The molecule has 4 aromatic rings. The lowest BCUT2D eigenvalue weighted by atomic mass is 10.1. The average Bonchev–Trinajstić information content (AvgIpc) is 3.36. The second kappa shape index (κ2) is 11.2. The predicted molar refractivity (Wildman–Crippen MR) is 138 cm³/mol. The van der Waals surface area contributed by atoms with Crippen LogP contribution in [0.3, 0.4) is 0 Å². The largest absolute Gasteiger partial charge is 0.493 e. The van der Waals surface area contributed by atoms with Crippen LogP contribution in [0.15, 0.2) is 72.8 Å². The van der Waals surface area contributed by atoms with Gasteiger partial charge in [0.05, 0.1) is 38.4 Å². The molecule has 0 aliphatic rings. The van der Waals surface area contributed by atoms with Crippen LogP contribution in [0.4, 0.5) is 30.4 Å². The number of nitrogens with zero attached hydrogens (tertiary/aromatic N) is 2.